The highest BCUT2D eigenvalue weighted by Crippen LogP contribution is 2.05. The summed E-state index contributed by atoms with van der Waals surface area (Å²) in [6.45, 7) is -0.422. The van der Waals surface area contributed by atoms with Gasteiger partial charge in [0.1, 0.15) is 11.8 Å². The number of hydrogen-bond donors (Lipinski definition) is 3. The Labute approximate surface area is 108 Å². The summed E-state index contributed by atoms with van der Waals surface area (Å²) in [5, 5.41) is 19.3. The van der Waals surface area contributed by atoms with Gasteiger partial charge in [0.15, 0.2) is 6.61 Å². The molecule has 0 saturated carbocycles. The van der Waals surface area contributed by atoms with Crippen LogP contribution >= 0.6 is 0 Å². The van der Waals surface area contributed by atoms with Crippen LogP contribution in [0.2, 0.25) is 0 Å². The van der Waals surface area contributed by atoms with E-state index in [0.717, 1.165) is 0 Å². The number of carboxylic acids is 2. The van der Waals surface area contributed by atoms with Gasteiger partial charge in [0.05, 0.1) is 12.6 Å². The second-order valence-corrected chi connectivity index (χ2v) is 3.53. The van der Waals surface area contributed by atoms with E-state index in [9.17, 15) is 14.4 Å². The Morgan fingerprint density at radius 2 is 2.11 bits per heavy atom. The molecule has 0 radical (unpaired) electrons. The van der Waals surface area contributed by atoms with Crippen molar-refractivity contribution in [3.05, 3.63) is 24.5 Å². The smallest absolute Gasteiger partial charge is 0.326 e. The molecule has 0 aliphatic carbocycles. The fraction of sp³-hybridized carbons (Fsp3) is 0.273. The summed E-state index contributed by atoms with van der Waals surface area (Å²) in [6, 6.07) is 1.70. The van der Waals surface area contributed by atoms with Gasteiger partial charge in [-0.15, -0.1) is 0 Å². The van der Waals surface area contributed by atoms with Gasteiger partial charge in [0, 0.05) is 6.20 Å². The van der Waals surface area contributed by atoms with Crippen LogP contribution in [0.3, 0.4) is 0 Å². The zero-order valence-corrected chi connectivity index (χ0v) is 9.78. The Kier molecular flexibility index (Phi) is 5.27. The minimum absolute atomic E-state index is 0.350. The number of hydrogen-bond acceptors (Lipinski definition) is 5. The average molecular weight is 268 g/mol. The molecule has 3 N–H and O–H groups in total. The quantitative estimate of drug-likeness (QED) is 0.608. The Morgan fingerprint density at radius 1 is 1.37 bits per heavy atom. The molecule has 0 fully saturated rings. The largest absolute Gasteiger partial charge is 0.482 e. The number of ether oxygens (including phenoxy) is 1. The van der Waals surface area contributed by atoms with Crippen LogP contribution in [0.25, 0.3) is 0 Å². The first-order valence-corrected chi connectivity index (χ1v) is 5.26. The maximum absolute atomic E-state index is 11.4. The van der Waals surface area contributed by atoms with Crippen LogP contribution < -0.4 is 10.1 Å². The predicted molar refractivity (Wildman–Crippen MR) is 61.6 cm³/mol. The summed E-state index contributed by atoms with van der Waals surface area (Å²) in [5.74, 6) is -3.11. The number of rotatable bonds is 7. The highest BCUT2D eigenvalue weighted by atomic mass is 16.5. The minimum atomic E-state index is -1.48. The van der Waals surface area contributed by atoms with Crippen molar-refractivity contribution in [2.75, 3.05) is 6.61 Å². The van der Waals surface area contributed by atoms with E-state index in [-0.39, 0.29) is 0 Å². The topological polar surface area (TPSA) is 126 Å². The molecule has 0 aliphatic heterocycles. The molecule has 0 aliphatic rings. The molecule has 0 bridgehead atoms. The summed E-state index contributed by atoms with van der Waals surface area (Å²) >= 11 is 0. The zero-order chi connectivity index (χ0) is 14.3. The second-order valence-electron chi connectivity index (χ2n) is 3.53. The molecule has 0 spiro atoms. The second kappa shape index (κ2) is 6.94. The third-order valence-corrected chi connectivity index (χ3v) is 2.02. The Balaban J connectivity index is 2.45. The summed E-state index contributed by atoms with van der Waals surface area (Å²) in [4.78, 5) is 36.3. The number of carbonyl (C=O) groups is 3. The van der Waals surface area contributed by atoms with Crippen LogP contribution in [-0.2, 0) is 14.4 Å². The number of aliphatic carboxylic acids is 2. The van der Waals surface area contributed by atoms with Crippen LogP contribution in [0.1, 0.15) is 6.42 Å². The van der Waals surface area contributed by atoms with Crippen LogP contribution in [0.5, 0.6) is 5.75 Å². The Bertz CT molecular complexity index is 462. The molecule has 1 amide bonds. The molecule has 1 heterocycles. The lowest BCUT2D eigenvalue weighted by Crippen LogP contribution is -2.44. The number of aromatic nitrogens is 1. The van der Waals surface area contributed by atoms with Crippen molar-refractivity contribution in [1.29, 1.82) is 0 Å². The maximum atomic E-state index is 11.4. The van der Waals surface area contributed by atoms with Crippen LogP contribution in [0.15, 0.2) is 24.5 Å². The Morgan fingerprint density at radius 3 is 2.63 bits per heavy atom. The van der Waals surface area contributed by atoms with Crippen molar-refractivity contribution in [3.8, 4) is 5.75 Å². The van der Waals surface area contributed by atoms with Crippen molar-refractivity contribution < 1.29 is 29.3 Å². The summed E-state index contributed by atoms with van der Waals surface area (Å²) in [5.41, 5.74) is 0. The standard InChI is InChI=1S/C11H12N2O6/c14-9(6-19-7-2-1-3-12-5-7)13-8(11(17)18)4-10(15)16/h1-3,5,8H,4,6H2,(H,13,14)(H,15,16)(H,17,18). The molecule has 0 aromatic carbocycles. The lowest BCUT2D eigenvalue weighted by atomic mass is 10.2. The molecule has 1 rings (SSSR count). The van der Waals surface area contributed by atoms with Gasteiger partial charge < -0.3 is 20.3 Å². The van der Waals surface area contributed by atoms with Gasteiger partial charge >= 0.3 is 11.9 Å². The maximum Gasteiger partial charge on any atom is 0.326 e. The molecule has 8 nitrogen and oxygen atoms in total. The zero-order valence-electron chi connectivity index (χ0n) is 9.78. The first kappa shape index (κ1) is 14.4. The van der Waals surface area contributed by atoms with E-state index in [1.165, 1.54) is 12.4 Å². The highest BCUT2D eigenvalue weighted by molar-refractivity contribution is 5.87. The van der Waals surface area contributed by atoms with E-state index < -0.39 is 36.9 Å². The fourth-order valence-corrected chi connectivity index (χ4v) is 1.19. The van der Waals surface area contributed by atoms with E-state index in [4.69, 9.17) is 14.9 Å². The predicted octanol–water partition coefficient (Wildman–Crippen LogP) is -0.496. The van der Waals surface area contributed by atoms with Gasteiger partial charge in [0.2, 0.25) is 0 Å². The van der Waals surface area contributed by atoms with E-state index in [0.29, 0.717) is 5.75 Å². The summed E-state index contributed by atoms with van der Waals surface area (Å²) < 4.78 is 5.04. The number of carbonyl (C=O) groups excluding carboxylic acids is 1. The van der Waals surface area contributed by atoms with E-state index >= 15 is 0 Å². The van der Waals surface area contributed by atoms with Gasteiger partial charge in [-0.2, -0.15) is 0 Å². The van der Waals surface area contributed by atoms with Crippen molar-refractivity contribution in [2.24, 2.45) is 0 Å². The minimum Gasteiger partial charge on any atom is -0.482 e. The number of amides is 1. The monoisotopic (exact) mass is 268 g/mol. The molecule has 1 aromatic rings. The molecular formula is C11H12N2O6. The summed E-state index contributed by atoms with van der Waals surface area (Å²) in [6.07, 6.45) is 2.22. The summed E-state index contributed by atoms with van der Waals surface area (Å²) in [7, 11) is 0. The third kappa shape index (κ3) is 5.48. The number of nitrogens with one attached hydrogen (secondary N) is 1. The lowest BCUT2D eigenvalue weighted by molar-refractivity contribution is -0.147. The van der Waals surface area contributed by atoms with E-state index in [1.54, 1.807) is 12.1 Å². The molecule has 19 heavy (non-hydrogen) atoms. The average Bonchev–Trinajstić information content (AvgIpc) is 2.36. The van der Waals surface area contributed by atoms with Crippen molar-refractivity contribution in [2.45, 2.75) is 12.5 Å². The molecule has 0 saturated heterocycles. The van der Waals surface area contributed by atoms with Gasteiger partial charge in [-0.3, -0.25) is 14.6 Å². The van der Waals surface area contributed by atoms with E-state index in [2.05, 4.69) is 10.3 Å². The van der Waals surface area contributed by atoms with Gasteiger partial charge in [-0.1, -0.05) is 0 Å². The van der Waals surface area contributed by atoms with Crippen molar-refractivity contribution in [1.82, 2.24) is 10.3 Å². The number of carboxylic acid groups (broad SMARTS) is 2. The molecule has 1 unspecified atom stereocenters. The molecular weight excluding hydrogens is 256 g/mol. The number of pyridine rings is 1. The first-order chi connectivity index (χ1) is 8.99. The van der Waals surface area contributed by atoms with Gasteiger partial charge in [-0.25, -0.2) is 4.79 Å². The molecule has 1 atom stereocenters. The molecule has 102 valence electrons. The Hall–Kier alpha value is -2.64. The SMILES string of the molecule is O=C(O)CC(NC(=O)COc1cccnc1)C(=O)O. The van der Waals surface area contributed by atoms with Gasteiger partial charge in [-0.05, 0) is 12.1 Å². The third-order valence-electron chi connectivity index (χ3n) is 2.02. The van der Waals surface area contributed by atoms with Crippen molar-refractivity contribution in [3.63, 3.8) is 0 Å². The van der Waals surface area contributed by atoms with E-state index in [1.807, 2.05) is 0 Å². The van der Waals surface area contributed by atoms with Crippen LogP contribution in [-0.4, -0.2) is 45.7 Å². The number of nitrogens with zero attached hydrogens (tertiary/aromatic N) is 1. The first-order valence-electron chi connectivity index (χ1n) is 5.26. The van der Waals surface area contributed by atoms with Gasteiger partial charge in [0.25, 0.3) is 5.91 Å². The van der Waals surface area contributed by atoms with Crippen molar-refractivity contribution >= 4 is 17.8 Å². The van der Waals surface area contributed by atoms with Crippen LogP contribution in [0.4, 0.5) is 0 Å². The van der Waals surface area contributed by atoms with Crippen LogP contribution in [0, 0.1) is 0 Å². The molecule has 1 aromatic heterocycles. The highest BCUT2D eigenvalue weighted by Gasteiger charge is 2.23. The fourth-order valence-electron chi connectivity index (χ4n) is 1.19. The molecule has 8 heteroatoms. The normalized spacial score (nSPS) is 11.4. The lowest BCUT2D eigenvalue weighted by Gasteiger charge is -2.12.